The van der Waals surface area contributed by atoms with E-state index in [1.54, 1.807) is 18.3 Å². The second kappa shape index (κ2) is 10.3. The molecule has 7 nitrogen and oxygen atoms in total. The van der Waals surface area contributed by atoms with Gasteiger partial charge in [0.2, 0.25) is 0 Å². The van der Waals surface area contributed by atoms with Gasteiger partial charge in [-0.05, 0) is 92.8 Å². The Kier molecular flexibility index (Phi) is 7.68. The van der Waals surface area contributed by atoms with Gasteiger partial charge in [0, 0.05) is 12.1 Å². The van der Waals surface area contributed by atoms with Gasteiger partial charge in [0.15, 0.2) is 12.2 Å². The topological polar surface area (TPSA) is 71.2 Å². The summed E-state index contributed by atoms with van der Waals surface area (Å²) in [5.74, 6) is 0.683. The summed E-state index contributed by atoms with van der Waals surface area (Å²) in [5.41, 5.74) is 2.88. The van der Waals surface area contributed by atoms with Gasteiger partial charge >= 0.3 is 6.09 Å². The minimum Gasteiger partial charge on any atom is -0.442 e. The fourth-order valence-electron chi connectivity index (χ4n) is 2.90. The van der Waals surface area contributed by atoms with Crippen LogP contribution in [0.2, 0.25) is 0 Å². The average molecular weight is 546 g/mol. The monoisotopic (exact) mass is 546 g/mol. The highest BCUT2D eigenvalue weighted by molar-refractivity contribution is 14.1. The van der Waals surface area contributed by atoms with Gasteiger partial charge in [-0.15, -0.1) is 0 Å². The van der Waals surface area contributed by atoms with Gasteiger partial charge in [0.05, 0.1) is 11.9 Å². The van der Waals surface area contributed by atoms with E-state index in [-0.39, 0.29) is 0 Å². The molecule has 8 heteroatoms. The summed E-state index contributed by atoms with van der Waals surface area (Å²) in [5, 5.41) is 5.69. The molecule has 2 aromatic carbocycles. The maximum absolute atomic E-state index is 12.9. The minimum atomic E-state index is -0.644. The number of hydrogen-bond donors (Lipinski definition) is 0. The fraction of sp³-hybridized carbons (Fsp3) is 0.292. The van der Waals surface area contributed by atoms with Gasteiger partial charge in [0.25, 0.3) is 0 Å². The summed E-state index contributed by atoms with van der Waals surface area (Å²) in [6.45, 7) is 6.33. The van der Waals surface area contributed by atoms with Crippen molar-refractivity contribution in [3.63, 3.8) is 0 Å². The van der Waals surface area contributed by atoms with Crippen LogP contribution >= 0.6 is 22.6 Å². The maximum Gasteiger partial charge on any atom is 0.435 e. The Hall–Kier alpha value is -2.72. The quantitative estimate of drug-likeness (QED) is 0.223. The van der Waals surface area contributed by atoms with Crippen LogP contribution in [-0.4, -0.2) is 41.9 Å². The van der Waals surface area contributed by atoms with Crippen LogP contribution in [0, 0.1) is 3.70 Å². The standard InChI is InChI=1S/C24H27IN4O3/c1-24(2,3)32-23(30)29(27-14-17-6-8-18(9-7-17)15-28(4)5)20-12-10-19(11-13-20)21-22(25)26-16-31-21/h6-14,16H,15H2,1-5H3. The number of anilines is 1. The predicted molar refractivity (Wildman–Crippen MR) is 135 cm³/mol. The molecule has 1 amide bonds. The number of oxazole rings is 1. The molecule has 0 N–H and O–H groups in total. The van der Waals surface area contributed by atoms with Crippen LogP contribution in [0.4, 0.5) is 10.5 Å². The molecule has 0 aliphatic heterocycles. The molecule has 32 heavy (non-hydrogen) atoms. The van der Waals surface area contributed by atoms with Gasteiger partial charge in [0.1, 0.15) is 9.30 Å². The lowest BCUT2D eigenvalue weighted by molar-refractivity contribution is 0.0581. The number of nitrogens with zero attached hydrogens (tertiary/aromatic N) is 4. The molecule has 0 saturated carbocycles. The lowest BCUT2D eigenvalue weighted by Crippen LogP contribution is -2.33. The van der Waals surface area contributed by atoms with Crippen molar-refractivity contribution in [1.29, 1.82) is 0 Å². The molecule has 0 spiro atoms. The van der Waals surface area contributed by atoms with E-state index in [1.807, 2.05) is 71.3 Å². The molecule has 168 valence electrons. The highest BCUT2D eigenvalue weighted by Gasteiger charge is 2.23. The number of benzene rings is 2. The van der Waals surface area contributed by atoms with Gasteiger partial charge in [-0.1, -0.05) is 24.3 Å². The van der Waals surface area contributed by atoms with Gasteiger partial charge in [-0.3, -0.25) is 0 Å². The molecule has 0 unspecified atom stereocenters. The zero-order chi connectivity index (χ0) is 23.3. The third kappa shape index (κ3) is 6.64. The first-order valence-electron chi connectivity index (χ1n) is 10.1. The largest absolute Gasteiger partial charge is 0.442 e. The Labute approximate surface area is 202 Å². The minimum absolute atomic E-state index is 0.556. The lowest BCUT2D eigenvalue weighted by atomic mass is 10.1. The van der Waals surface area contributed by atoms with Crippen LogP contribution < -0.4 is 5.01 Å². The van der Waals surface area contributed by atoms with E-state index in [9.17, 15) is 4.79 Å². The van der Waals surface area contributed by atoms with Crippen LogP contribution in [0.25, 0.3) is 11.3 Å². The number of hydrazone groups is 1. The summed E-state index contributed by atoms with van der Waals surface area (Å²) in [4.78, 5) is 19.1. The molecule has 0 saturated heterocycles. The van der Waals surface area contributed by atoms with E-state index in [1.165, 1.54) is 17.0 Å². The van der Waals surface area contributed by atoms with E-state index in [4.69, 9.17) is 9.15 Å². The normalized spacial score (nSPS) is 11.8. The van der Waals surface area contributed by atoms with Crippen LogP contribution in [0.1, 0.15) is 31.9 Å². The Bertz CT molecular complexity index is 1070. The highest BCUT2D eigenvalue weighted by atomic mass is 127. The van der Waals surface area contributed by atoms with E-state index in [0.717, 1.165) is 21.4 Å². The summed E-state index contributed by atoms with van der Waals surface area (Å²) < 4.78 is 11.8. The smallest absolute Gasteiger partial charge is 0.435 e. The first-order valence-corrected chi connectivity index (χ1v) is 11.2. The van der Waals surface area contributed by atoms with Gasteiger partial charge < -0.3 is 14.1 Å². The Morgan fingerprint density at radius 3 is 2.31 bits per heavy atom. The Morgan fingerprint density at radius 1 is 1.12 bits per heavy atom. The third-order valence-electron chi connectivity index (χ3n) is 4.27. The number of halogens is 1. The number of amides is 1. The zero-order valence-corrected chi connectivity index (χ0v) is 21.0. The summed E-state index contributed by atoms with van der Waals surface area (Å²) in [7, 11) is 4.06. The van der Waals surface area contributed by atoms with Crippen molar-refractivity contribution in [3.05, 3.63) is 69.8 Å². The van der Waals surface area contributed by atoms with Crippen molar-refractivity contribution in [3.8, 4) is 11.3 Å². The average Bonchev–Trinajstić information content (AvgIpc) is 3.14. The van der Waals surface area contributed by atoms with Crippen LogP contribution in [0.3, 0.4) is 0 Å². The number of rotatable bonds is 6. The predicted octanol–water partition coefficient (Wildman–Crippen LogP) is 5.78. The van der Waals surface area contributed by atoms with Crippen molar-refractivity contribution in [2.24, 2.45) is 5.10 Å². The van der Waals surface area contributed by atoms with E-state index >= 15 is 0 Å². The number of carbonyl (C=O) groups excluding carboxylic acids is 1. The number of carbonyl (C=O) groups is 1. The van der Waals surface area contributed by atoms with Crippen LogP contribution in [0.15, 0.2) is 64.4 Å². The molecule has 3 aromatic rings. The molecule has 1 aromatic heterocycles. The van der Waals surface area contributed by atoms with Gasteiger partial charge in [-0.25, -0.2) is 9.78 Å². The molecule has 0 aliphatic carbocycles. The summed E-state index contributed by atoms with van der Waals surface area (Å²) in [6, 6.07) is 15.4. The molecular weight excluding hydrogens is 519 g/mol. The molecule has 0 aliphatic rings. The molecule has 0 fully saturated rings. The molecule has 1 heterocycles. The molecule has 0 radical (unpaired) electrons. The van der Waals surface area contributed by atoms with Crippen molar-refractivity contribution in [1.82, 2.24) is 9.88 Å². The summed E-state index contributed by atoms with van der Waals surface area (Å²) in [6.07, 6.45) is 2.50. The Balaban J connectivity index is 1.86. The van der Waals surface area contributed by atoms with Crippen molar-refractivity contribution in [2.45, 2.75) is 32.9 Å². The van der Waals surface area contributed by atoms with Crippen molar-refractivity contribution < 1.29 is 13.9 Å². The highest BCUT2D eigenvalue weighted by Crippen LogP contribution is 2.27. The van der Waals surface area contributed by atoms with Crippen molar-refractivity contribution >= 4 is 40.6 Å². The molecular formula is C24H27IN4O3. The third-order valence-corrected chi connectivity index (χ3v) is 5.03. The first kappa shape index (κ1) is 23.9. The molecule has 3 rings (SSSR count). The van der Waals surface area contributed by atoms with Crippen LogP contribution in [-0.2, 0) is 11.3 Å². The van der Waals surface area contributed by atoms with Crippen LogP contribution in [0.5, 0.6) is 0 Å². The lowest BCUT2D eigenvalue weighted by Gasteiger charge is -2.24. The number of aromatic nitrogens is 1. The maximum atomic E-state index is 12.9. The van der Waals surface area contributed by atoms with Crippen molar-refractivity contribution in [2.75, 3.05) is 19.1 Å². The summed E-state index contributed by atoms with van der Waals surface area (Å²) >= 11 is 2.12. The van der Waals surface area contributed by atoms with E-state index in [0.29, 0.717) is 11.4 Å². The number of hydrogen-bond acceptors (Lipinski definition) is 6. The second-order valence-electron chi connectivity index (χ2n) is 8.54. The van der Waals surface area contributed by atoms with E-state index < -0.39 is 11.7 Å². The fourth-order valence-corrected chi connectivity index (χ4v) is 3.45. The second-order valence-corrected chi connectivity index (χ2v) is 9.56. The van der Waals surface area contributed by atoms with Gasteiger partial charge in [-0.2, -0.15) is 10.1 Å². The number of ether oxygens (including phenoxy) is 1. The zero-order valence-electron chi connectivity index (χ0n) is 18.9. The Morgan fingerprint density at radius 2 is 1.78 bits per heavy atom. The SMILES string of the molecule is CN(C)Cc1ccc(C=NN(C(=O)OC(C)(C)C)c2ccc(-c3ocnc3I)cc2)cc1. The molecule has 0 atom stereocenters. The molecule has 0 bridgehead atoms. The van der Waals surface area contributed by atoms with E-state index in [2.05, 4.69) is 37.6 Å². The first-order chi connectivity index (χ1) is 15.1.